The summed E-state index contributed by atoms with van der Waals surface area (Å²) in [7, 11) is 2.80. The molecule has 74 valence electrons. The van der Waals surface area contributed by atoms with Gasteiger partial charge in [0.1, 0.15) is 0 Å². The van der Waals surface area contributed by atoms with Crippen LogP contribution in [-0.2, 0) is 12.8 Å². The van der Waals surface area contributed by atoms with Gasteiger partial charge in [-0.2, -0.15) is 0 Å². The van der Waals surface area contributed by atoms with Crippen molar-refractivity contribution < 1.29 is 0 Å². The van der Waals surface area contributed by atoms with E-state index in [1.165, 1.54) is 22.0 Å². The Kier molecular flexibility index (Phi) is 3.73. The molecule has 0 aliphatic carbocycles. The van der Waals surface area contributed by atoms with Crippen LogP contribution in [0.25, 0.3) is 0 Å². The van der Waals surface area contributed by atoms with Gasteiger partial charge in [-0.3, -0.25) is 0 Å². The van der Waals surface area contributed by atoms with Crippen LogP contribution in [-0.4, -0.2) is 0 Å². The molecule has 1 unspecified atom stereocenters. The molecule has 0 fully saturated rings. The Morgan fingerprint density at radius 3 is 2.29 bits per heavy atom. The zero-order valence-corrected chi connectivity index (χ0v) is 10.3. The quantitative estimate of drug-likeness (QED) is 0.513. The van der Waals surface area contributed by atoms with Gasteiger partial charge < -0.3 is 0 Å². The second kappa shape index (κ2) is 4.63. The molecule has 0 spiro atoms. The first-order valence-electron chi connectivity index (χ1n) is 5.03. The highest BCUT2D eigenvalue weighted by atomic mass is 31.0. The first-order chi connectivity index (χ1) is 6.65. The fourth-order valence-corrected chi connectivity index (χ4v) is 2.18. The van der Waals surface area contributed by atoms with Gasteiger partial charge in [0, 0.05) is 5.56 Å². The van der Waals surface area contributed by atoms with Gasteiger partial charge >= 0.3 is 0 Å². The monoisotopic (exact) mass is 204 g/mol. The zero-order valence-electron chi connectivity index (χ0n) is 9.15. The highest BCUT2D eigenvalue weighted by Gasteiger charge is 2.08. The molecule has 0 nitrogen and oxygen atoms in total. The fraction of sp³-hybridized carbons (Fsp3) is 0.385. The van der Waals surface area contributed by atoms with Crippen LogP contribution < -0.4 is 5.30 Å². The van der Waals surface area contributed by atoms with Crippen LogP contribution in [0.2, 0.25) is 0 Å². The van der Waals surface area contributed by atoms with Gasteiger partial charge in [-0.25, -0.2) is 0 Å². The molecule has 0 aromatic heterocycles. The lowest BCUT2D eigenvalue weighted by atomic mass is 9.96. The van der Waals surface area contributed by atoms with Crippen molar-refractivity contribution in [3.63, 3.8) is 0 Å². The largest absolute Gasteiger partial charge is 0.115 e. The molecule has 0 N–H and O–H groups in total. The van der Waals surface area contributed by atoms with Crippen molar-refractivity contribution in [1.82, 2.24) is 0 Å². The van der Waals surface area contributed by atoms with Crippen molar-refractivity contribution in [3.05, 3.63) is 28.3 Å². The summed E-state index contributed by atoms with van der Waals surface area (Å²) in [5.74, 6) is 2.79. The van der Waals surface area contributed by atoms with Crippen molar-refractivity contribution >= 4 is 14.5 Å². The van der Waals surface area contributed by atoms with Gasteiger partial charge in [0.25, 0.3) is 0 Å². The fourth-order valence-electron chi connectivity index (χ4n) is 1.75. The smallest absolute Gasteiger partial charge is 0.0310 e. The molecular formula is C13H17P. The Bertz CT molecular complexity index is 383. The molecule has 14 heavy (non-hydrogen) atoms. The van der Waals surface area contributed by atoms with Crippen LogP contribution in [0.15, 0.2) is 6.07 Å². The molecule has 0 radical (unpaired) electrons. The molecule has 1 aromatic carbocycles. The molecule has 1 atom stereocenters. The number of rotatable bonds is 2. The maximum absolute atomic E-state index is 5.53. The van der Waals surface area contributed by atoms with Crippen molar-refractivity contribution in [3.8, 4) is 12.3 Å². The van der Waals surface area contributed by atoms with Gasteiger partial charge in [0.15, 0.2) is 0 Å². The summed E-state index contributed by atoms with van der Waals surface area (Å²) in [6.45, 7) is 6.44. The van der Waals surface area contributed by atoms with E-state index in [1.807, 2.05) is 0 Å². The summed E-state index contributed by atoms with van der Waals surface area (Å²) in [5, 5.41) is 1.28. The predicted octanol–water partition coefficient (Wildman–Crippen LogP) is 2.60. The predicted molar refractivity (Wildman–Crippen MR) is 67.2 cm³/mol. The Labute approximate surface area is 89.3 Å². The maximum atomic E-state index is 5.53. The average Bonchev–Trinajstić information content (AvgIpc) is 2.21. The summed E-state index contributed by atoms with van der Waals surface area (Å²) < 4.78 is 0. The number of hydrogen-bond donors (Lipinski definition) is 0. The van der Waals surface area contributed by atoms with E-state index in [-0.39, 0.29) is 0 Å². The van der Waals surface area contributed by atoms with Crippen molar-refractivity contribution in [2.24, 2.45) is 0 Å². The van der Waals surface area contributed by atoms with E-state index in [4.69, 9.17) is 6.42 Å². The maximum Gasteiger partial charge on any atom is 0.0310 e. The summed E-state index contributed by atoms with van der Waals surface area (Å²) in [5.41, 5.74) is 5.01. The molecule has 1 heteroatoms. The molecule has 0 heterocycles. The van der Waals surface area contributed by atoms with Gasteiger partial charge in [-0.05, 0) is 41.8 Å². The highest BCUT2D eigenvalue weighted by Crippen LogP contribution is 2.18. The Hall–Kier alpha value is -0.790. The van der Waals surface area contributed by atoms with Crippen molar-refractivity contribution in [2.45, 2.75) is 33.6 Å². The summed E-state index contributed by atoms with van der Waals surface area (Å²) >= 11 is 0. The molecule has 0 saturated heterocycles. The molecule has 0 bridgehead atoms. The lowest BCUT2D eigenvalue weighted by molar-refractivity contribution is 1.08. The number of aryl methyl sites for hydroxylation is 2. The zero-order chi connectivity index (χ0) is 10.7. The Morgan fingerprint density at radius 1 is 1.29 bits per heavy atom. The third kappa shape index (κ3) is 1.84. The SMILES string of the molecule is C#Cc1c(CC)cc(CC)c(P)c1C. The highest BCUT2D eigenvalue weighted by molar-refractivity contribution is 7.27. The van der Waals surface area contributed by atoms with Gasteiger partial charge in [0.2, 0.25) is 0 Å². The van der Waals surface area contributed by atoms with E-state index >= 15 is 0 Å². The molecule has 1 aromatic rings. The van der Waals surface area contributed by atoms with Gasteiger partial charge in [-0.1, -0.05) is 25.8 Å². The average molecular weight is 204 g/mol. The summed E-state index contributed by atoms with van der Waals surface area (Å²) in [4.78, 5) is 0. The second-order valence-electron chi connectivity index (χ2n) is 3.46. The summed E-state index contributed by atoms with van der Waals surface area (Å²) in [6.07, 6.45) is 7.61. The normalized spacial score (nSPS) is 9.93. The van der Waals surface area contributed by atoms with E-state index in [0.717, 1.165) is 18.4 Å². The standard InChI is InChI=1S/C13H17P/c1-5-10-8-11(6-2)13(14)9(4)12(10)7-3/h3,8H,5-6,14H2,1-2,4H3. The van der Waals surface area contributed by atoms with E-state index in [0.29, 0.717) is 0 Å². The van der Waals surface area contributed by atoms with E-state index in [9.17, 15) is 0 Å². The molecule has 0 aliphatic rings. The van der Waals surface area contributed by atoms with E-state index < -0.39 is 0 Å². The van der Waals surface area contributed by atoms with E-state index in [1.54, 1.807) is 0 Å². The summed E-state index contributed by atoms with van der Waals surface area (Å²) in [6, 6.07) is 2.24. The Morgan fingerprint density at radius 2 is 1.86 bits per heavy atom. The van der Waals surface area contributed by atoms with Crippen LogP contribution in [0.4, 0.5) is 0 Å². The molecule has 1 rings (SSSR count). The van der Waals surface area contributed by atoms with Gasteiger partial charge in [-0.15, -0.1) is 15.7 Å². The molecule has 0 saturated carbocycles. The first-order valence-corrected chi connectivity index (χ1v) is 5.60. The van der Waals surface area contributed by atoms with Crippen LogP contribution >= 0.6 is 9.24 Å². The molecule has 0 amide bonds. The minimum Gasteiger partial charge on any atom is -0.115 e. The topological polar surface area (TPSA) is 0 Å². The molecular weight excluding hydrogens is 187 g/mol. The van der Waals surface area contributed by atoms with Crippen molar-refractivity contribution in [1.29, 1.82) is 0 Å². The lowest BCUT2D eigenvalue weighted by Gasteiger charge is -2.13. The minimum atomic E-state index is 1.01. The van der Waals surface area contributed by atoms with Gasteiger partial charge in [0.05, 0.1) is 0 Å². The third-order valence-corrected chi connectivity index (χ3v) is 3.50. The second-order valence-corrected chi connectivity index (χ2v) is 4.04. The first kappa shape index (κ1) is 11.3. The number of hydrogen-bond acceptors (Lipinski definition) is 0. The minimum absolute atomic E-state index is 1.01. The Balaban J connectivity index is 3.48. The van der Waals surface area contributed by atoms with E-state index in [2.05, 4.69) is 42.0 Å². The molecule has 0 aliphatic heterocycles. The van der Waals surface area contributed by atoms with Crippen LogP contribution in [0.1, 0.15) is 36.1 Å². The van der Waals surface area contributed by atoms with Crippen molar-refractivity contribution in [2.75, 3.05) is 0 Å². The van der Waals surface area contributed by atoms with Crippen LogP contribution in [0.3, 0.4) is 0 Å². The number of benzene rings is 1. The third-order valence-electron chi connectivity index (χ3n) is 2.70. The lowest BCUT2D eigenvalue weighted by Crippen LogP contribution is -2.10. The van der Waals surface area contributed by atoms with Crippen LogP contribution in [0.5, 0.6) is 0 Å². The number of terminal acetylenes is 1. The van der Waals surface area contributed by atoms with Crippen LogP contribution in [0, 0.1) is 19.3 Å².